The molecule has 3 aromatic carbocycles. The van der Waals surface area contributed by atoms with Gasteiger partial charge >= 0.3 is 0 Å². The molecule has 3 aromatic rings. The quantitative estimate of drug-likeness (QED) is 0.772. The molecule has 6 nitrogen and oxygen atoms in total. The maximum Gasteiger partial charge on any atom is 0.269 e. The molecular formula is C19H14N2O4S. The molecule has 0 saturated heterocycles. The minimum absolute atomic E-state index is 0.0662. The Kier molecular flexibility index (Phi) is 3.73. The van der Waals surface area contributed by atoms with Crippen molar-refractivity contribution < 1.29 is 18.0 Å². The molecule has 0 bridgehead atoms. The summed E-state index contributed by atoms with van der Waals surface area (Å²) >= 11 is 0. The van der Waals surface area contributed by atoms with Gasteiger partial charge in [0.05, 0.1) is 5.56 Å². The van der Waals surface area contributed by atoms with Crippen LogP contribution in [-0.4, -0.2) is 31.1 Å². The number of rotatable bonds is 3. The molecular weight excluding hydrogens is 352 g/mol. The number of amides is 2. The zero-order chi connectivity index (χ0) is 18.3. The summed E-state index contributed by atoms with van der Waals surface area (Å²) in [6.07, 6.45) is 0. The van der Waals surface area contributed by atoms with Gasteiger partial charge in [-0.1, -0.05) is 42.5 Å². The lowest BCUT2D eigenvalue weighted by Gasteiger charge is -2.15. The average molecular weight is 366 g/mol. The summed E-state index contributed by atoms with van der Waals surface area (Å²) in [6.45, 7) is -0.567. The van der Waals surface area contributed by atoms with E-state index in [1.54, 1.807) is 24.3 Å². The summed E-state index contributed by atoms with van der Waals surface area (Å²) < 4.78 is 25.6. The lowest BCUT2D eigenvalue weighted by atomic mass is 10.1. The van der Waals surface area contributed by atoms with E-state index in [9.17, 15) is 18.0 Å². The minimum Gasteiger partial charge on any atom is -0.324 e. The molecule has 2 amide bonds. The van der Waals surface area contributed by atoms with Crippen LogP contribution in [0.15, 0.2) is 71.6 Å². The number of carbonyl (C=O) groups excluding carboxylic acids is 2. The fourth-order valence-electron chi connectivity index (χ4n) is 2.99. The number of fused-ring (bicyclic) bond motifs is 2. The first-order chi connectivity index (χ1) is 12.5. The SMILES string of the molecule is O=C(CN1C(=O)c2ccccc2S1(=O)=O)Nc1ccc2ccccc2c1. The maximum absolute atomic E-state index is 12.5. The van der Waals surface area contributed by atoms with E-state index in [0.29, 0.717) is 9.99 Å². The number of benzene rings is 3. The first kappa shape index (κ1) is 16.3. The second-order valence-corrected chi connectivity index (χ2v) is 7.75. The van der Waals surface area contributed by atoms with E-state index in [-0.39, 0.29) is 10.5 Å². The van der Waals surface area contributed by atoms with E-state index in [2.05, 4.69) is 5.32 Å². The van der Waals surface area contributed by atoms with Gasteiger partial charge in [0.25, 0.3) is 15.9 Å². The molecule has 0 aromatic heterocycles. The minimum atomic E-state index is -3.99. The van der Waals surface area contributed by atoms with Crippen molar-refractivity contribution in [3.63, 3.8) is 0 Å². The lowest BCUT2D eigenvalue weighted by molar-refractivity contribution is -0.116. The Morgan fingerprint density at radius 1 is 0.923 bits per heavy atom. The molecule has 0 radical (unpaired) electrons. The predicted molar refractivity (Wildman–Crippen MR) is 97.2 cm³/mol. The number of nitrogens with one attached hydrogen (secondary N) is 1. The Bertz CT molecular complexity index is 1150. The second-order valence-electron chi connectivity index (χ2n) is 5.92. The van der Waals surface area contributed by atoms with E-state index in [1.807, 2.05) is 30.3 Å². The van der Waals surface area contributed by atoms with Crippen molar-refractivity contribution >= 4 is 38.3 Å². The second kappa shape index (κ2) is 5.96. The molecule has 0 unspecified atom stereocenters. The van der Waals surface area contributed by atoms with Gasteiger partial charge in [-0.05, 0) is 35.0 Å². The van der Waals surface area contributed by atoms with Crippen molar-refractivity contribution in [3.05, 3.63) is 72.3 Å². The number of sulfonamides is 1. The van der Waals surface area contributed by atoms with Gasteiger partial charge < -0.3 is 5.32 Å². The van der Waals surface area contributed by atoms with Gasteiger partial charge in [-0.25, -0.2) is 12.7 Å². The predicted octanol–water partition coefficient (Wildman–Crippen LogP) is 2.62. The third-order valence-corrected chi connectivity index (χ3v) is 6.02. The molecule has 0 atom stereocenters. The Hall–Kier alpha value is -3.19. The van der Waals surface area contributed by atoms with Gasteiger partial charge in [0.2, 0.25) is 5.91 Å². The molecule has 0 fully saturated rings. The fourth-order valence-corrected chi connectivity index (χ4v) is 4.51. The molecule has 1 heterocycles. The van der Waals surface area contributed by atoms with Crippen molar-refractivity contribution in [2.24, 2.45) is 0 Å². The van der Waals surface area contributed by atoms with E-state index >= 15 is 0 Å². The summed E-state index contributed by atoms with van der Waals surface area (Å²) in [5, 5.41) is 4.62. The molecule has 0 aliphatic carbocycles. The van der Waals surface area contributed by atoms with Crippen molar-refractivity contribution in [2.75, 3.05) is 11.9 Å². The van der Waals surface area contributed by atoms with Crippen molar-refractivity contribution in [3.8, 4) is 0 Å². The summed E-state index contributed by atoms with van der Waals surface area (Å²) in [6, 6.07) is 19.0. The first-order valence-electron chi connectivity index (χ1n) is 7.91. The van der Waals surface area contributed by atoms with Crippen LogP contribution >= 0.6 is 0 Å². The zero-order valence-corrected chi connectivity index (χ0v) is 14.4. The standard InChI is InChI=1S/C19H14N2O4S/c22-18(20-15-10-9-13-5-1-2-6-14(13)11-15)12-21-19(23)16-7-3-4-8-17(16)26(21,24)25/h1-11H,12H2,(H,20,22). The summed E-state index contributed by atoms with van der Waals surface area (Å²) in [7, 11) is -3.99. The highest BCUT2D eigenvalue weighted by molar-refractivity contribution is 7.90. The van der Waals surface area contributed by atoms with Gasteiger partial charge in [-0.3, -0.25) is 9.59 Å². The highest BCUT2D eigenvalue weighted by Crippen LogP contribution is 2.29. The topological polar surface area (TPSA) is 83.6 Å². The Labute approximate surface area is 150 Å². The molecule has 7 heteroatoms. The largest absolute Gasteiger partial charge is 0.324 e. The smallest absolute Gasteiger partial charge is 0.269 e. The van der Waals surface area contributed by atoms with Crippen LogP contribution in [0.2, 0.25) is 0 Å². The molecule has 1 aliphatic heterocycles. The van der Waals surface area contributed by atoms with E-state index in [1.165, 1.54) is 12.1 Å². The summed E-state index contributed by atoms with van der Waals surface area (Å²) in [5.74, 6) is -1.26. The van der Waals surface area contributed by atoms with Crippen LogP contribution < -0.4 is 5.32 Å². The van der Waals surface area contributed by atoms with Crippen molar-refractivity contribution in [2.45, 2.75) is 4.90 Å². The normalized spacial score (nSPS) is 15.1. The van der Waals surface area contributed by atoms with Crippen LogP contribution in [0.1, 0.15) is 10.4 Å². The number of hydrogen-bond acceptors (Lipinski definition) is 4. The van der Waals surface area contributed by atoms with Gasteiger partial charge in [-0.2, -0.15) is 0 Å². The van der Waals surface area contributed by atoms with Crippen LogP contribution in [0.3, 0.4) is 0 Å². The number of nitrogens with zero attached hydrogens (tertiary/aromatic N) is 1. The van der Waals surface area contributed by atoms with Crippen LogP contribution in [0.25, 0.3) is 10.8 Å². The van der Waals surface area contributed by atoms with Crippen LogP contribution in [0.5, 0.6) is 0 Å². The molecule has 4 rings (SSSR count). The number of hydrogen-bond donors (Lipinski definition) is 1. The monoisotopic (exact) mass is 366 g/mol. The Morgan fingerprint density at radius 3 is 2.38 bits per heavy atom. The van der Waals surface area contributed by atoms with Crippen molar-refractivity contribution in [1.82, 2.24) is 4.31 Å². The highest BCUT2D eigenvalue weighted by atomic mass is 32.2. The first-order valence-corrected chi connectivity index (χ1v) is 9.35. The van der Waals surface area contributed by atoms with E-state index in [0.717, 1.165) is 10.8 Å². The van der Waals surface area contributed by atoms with Gasteiger partial charge in [-0.15, -0.1) is 0 Å². The molecule has 130 valence electrons. The van der Waals surface area contributed by atoms with Gasteiger partial charge in [0.15, 0.2) is 0 Å². The van der Waals surface area contributed by atoms with E-state index in [4.69, 9.17) is 0 Å². The van der Waals surface area contributed by atoms with Crippen LogP contribution in [0, 0.1) is 0 Å². The number of anilines is 1. The highest BCUT2D eigenvalue weighted by Gasteiger charge is 2.41. The molecule has 0 saturated carbocycles. The third-order valence-electron chi connectivity index (χ3n) is 4.23. The van der Waals surface area contributed by atoms with Crippen LogP contribution in [0.4, 0.5) is 5.69 Å². The maximum atomic E-state index is 12.5. The number of carbonyl (C=O) groups is 2. The van der Waals surface area contributed by atoms with Crippen molar-refractivity contribution in [1.29, 1.82) is 0 Å². The molecule has 26 heavy (non-hydrogen) atoms. The van der Waals surface area contributed by atoms with Gasteiger partial charge in [0.1, 0.15) is 11.4 Å². The molecule has 1 N–H and O–H groups in total. The zero-order valence-electron chi connectivity index (χ0n) is 13.5. The Balaban J connectivity index is 1.56. The molecule has 1 aliphatic rings. The fraction of sp³-hybridized carbons (Fsp3) is 0.0526. The Morgan fingerprint density at radius 2 is 1.62 bits per heavy atom. The third kappa shape index (κ3) is 2.62. The summed E-state index contributed by atoms with van der Waals surface area (Å²) in [4.78, 5) is 24.6. The molecule has 0 spiro atoms. The lowest BCUT2D eigenvalue weighted by Crippen LogP contribution is -2.37. The van der Waals surface area contributed by atoms with Crippen LogP contribution in [-0.2, 0) is 14.8 Å². The average Bonchev–Trinajstić information content (AvgIpc) is 2.83. The summed E-state index contributed by atoms with van der Waals surface area (Å²) in [5.41, 5.74) is 0.626. The van der Waals surface area contributed by atoms with Gasteiger partial charge in [0, 0.05) is 5.69 Å². The van der Waals surface area contributed by atoms with E-state index < -0.39 is 28.4 Å².